The van der Waals surface area contributed by atoms with Gasteiger partial charge in [0, 0.05) is 12.2 Å². The van der Waals surface area contributed by atoms with Gasteiger partial charge in [0.1, 0.15) is 6.10 Å². The lowest BCUT2D eigenvalue weighted by molar-refractivity contribution is -0.130. The molecule has 0 saturated carbocycles. The van der Waals surface area contributed by atoms with Crippen molar-refractivity contribution in [1.82, 2.24) is 10.9 Å². The number of carbonyl (C=O) groups excluding carboxylic acids is 2. The van der Waals surface area contributed by atoms with Crippen LogP contribution in [0.15, 0.2) is 54.6 Å². The molecule has 1 aliphatic rings. The first-order valence-electron chi connectivity index (χ1n) is 7.61. The van der Waals surface area contributed by atoms with Gasteiger partial charge in [-0.25, -0.2) is 0 Å². The Morgan fingerprint density at radius 3 is 2.26 bits per heavy atom. The molecule has 1 aliphatic heterocycles. The number of benzene rings is 2. The first-order chi connectivity index (χ1) is 11.2. The van der Waals surface area contributed by atoms with Crippen molar-refractivity contribution in [3.8, 4) is 11.1 Å². The maximum atomic E-state index is 12.0. The summed E-state index contributed by atoms with van der Waals surface area (Å²) in [5.41, 5.74) is 7.43. The van der Waals surface area contributed by atoms with E-state index in [0.717, 1.165) is 17.5 Å². The Labute approximate surface area is 134 Å². The van der Waals surface area contributed by atoms with Gasteiger partial charge in [-0.2, -0.15) is 0 Å². The number of nitrogens with one attached hydrogen (secondary N) is 2. The molecule has 2 N–H and O–H groups in total. The average Bonchev–Trinajstić information content (AvgIpc) is 3.15. The van der Waals surface area contributed by atoms with Crippen molar-refractivity contribution in [2.75, 3.05) is 6.61 Å². The van der Waals surface area contributed by atoms with Gasteiger partial charge in [-0.1, -0.05) is 42.5 Å². The molecule has 23 heavy (non-hydrogen) atoms. The summed E-state index contributed by atoms with van der Waals surface area (Å²) in [6.45, 7) is 0.590. The van der Waals surface area contributed by atoms with Crippen molar-refractivity contribution in [2.45, 2.75) is 18.9 Å². The Bertz CT molecular complexity index is 677. The van der Waals surface area contributed by atoms with E-state index in [1.807, 2.05) is 42.5 Å². The summed E-state index contributed by atoms with van der Waals surface area (Å²) >= 11 is 0. The number of ether oxygens (including phenoxy) is 1. The van der Waals surface area contributed by atoms with Crippen molar-refractivity contribution in [2.24, 2.45) is 0 Å². The number of hydrogen-bond donors (Lipinski definition) is 2. The minimum Gasteiger partial charge on any atom is -0.368 e. The molecule has 5 heteroatoms. The van der Waals surface area contributed by atoms with Gasteiger partial charge in [-0.3, -0.25) is 20.4 Å². The molecule has 2 aromatic carbocycles. The van der Waals surface area contributed by atoms with E-state index in [-0.39, 0.29) is 11.8 Å². The molecule has 1 unspecified atom stereocenters. The number of hydrazine groups is 1. The second-order valence-corrected chi connectivity index (χ2v) is 5.39. The second kappa shape index (κ2) is 7.07. The minimum absolute atomic E-state index is 0.309. The molecule has 3 rings (SSSR count). The van der Waals surface area contributed by atoms with E-state index >= 15 is 0 Å². The van der Waals surface area contributed by atoms with Crippen LogP contribution in [0.4, 0.5) is 0 Å². The lowest BCUT2D eigenvalue weighted by Crippen LogP contribution is -2.46. The predicted octanol–water partition coefficient (Wildman–Crippen LogP) is 2.29. The Kier molecular flexibility index (Phi) is 4.68. The minimum atomic E-state index is -0.462. The Morgan fingerprint density at radius 2 is 1.61 bits per heavy atom. The number of rotatable bonds is 3. The summed E-state index contributed by atoms with van der Waals surface area (Å²) < 4.78 is 5.25. The van der Waals surface area contributed by atoms with Gasteiger partial charge in [-0.05, 0) is 36.1 Å². The molecule has 1 atom stereocenters. The molecular formula is C18H18N2O3. The smallest absolute Gasteiger partial charge is 0.269 e. The molecule has 5 nitrogen and oxygen atoms in total. The maximum absolute atomic E-state index is 12.0. The monoisotopic (exact) mass is 310 g/mol. The van der Waals surface area contributed by atoms with Crippen molar-refractivity contribution in [3.63, 3.8) is 0 Å². The highest BCUT2D eigenvalue weighted by atomic mass is 16.5. The summed E-state index contributed by atoms with van der Waals surface area (Å²) in [7, 11) is 0. The van der Waals surface area contributed by atoms with Crippen LogP contribution in [0.5, 0.6) is 0 Å². The molecule has 0 bridgehead atoms. The third-order valence-electron chi connectivity index (χ3n) is 3.78. The van der Waals surface area contributed by atoms with Crippen LogP contribution in [0.25, 0.3) is 11.1 Å². The van der Waals surface area contributed by atoms with E-state index in [1.165, 1.54) is 0 Å². The molecule has 0 aromatic heterocycles. The maximum Gasteiger partial charge on any atom is 0.269 e. The van der Waals surface area contributed by atoms with Gasteiger partial charge in [0.25, 0.3) is 11.8 Å². The highest BCUT2D eigenvalue weighted by Gasteiger charge is 2.23. The van der Waals surface area contributed by atoms with Crippen LogP contribution in [0.1, 0.15) is 23.2 Å². The first-order valence-corrected chi connectivity index (χ1v) is 7.61. The predicted molar refractivity (Wildman–Crippen MR) is 86.5 cm³/mol. The molecule has 118 valence electrons. The zero-order valence-electron chi connectivity index (χ0n) is 12.6. The fraction of sp³-hybridized carbons (Fsp3) is 0.222. The average molecular weight is 310 g/mol. The Hall–Kier alpha value is -2.66. The summed E-state index contributed by atoms with van der Waals surface area (Å²) in [5.74, 6) is -0.660. The summed E-state index contributed by atoms with van der Waals surface area (Å²) in [5, 5.41) is 0. The molecule has 1 fully saturated rings. The van der Waals surface area contributed by atoms with Gasteiger partial charge < -0.3 is 4.74 Å². The van der Waals surface area contributed by atoms with Crippen LogP contribution >= 0.6 is 0 Å². The molecule has 1 saturated heterocycles. The molecule has 1 heterocycles. The van der Waals surface area contributed by atoms with Crippen LogP contribution in [0.3, 0.4) is 0 Å². The van der Waals surface area contributed by atoms with Gasteiger partial charge >= 0.3 is 0 Å². The highest BCUT2D eigenvalue weighted by molar-refractivity contribution is 5.96. The fourth-order valence-electron chi connectivity index (χ4n) is 2.50. The SMILES string of the molecule is O=C(NNC(=O)C1CCCO1)c1ccc(-c2ccccc2)cc1. The van der Waals surface area contributed by atoms with Crippen molar-refractivity contribution in [1.29, 1.82) is 0 Å². The second-order valence-electron chi connectivity index (χ2n) is 5.39. The van der Waals surface area contributed by atoms with E-state index in [2.05, 4.69) is 10.9 Å². The molecule has 2 amide bonds. The topological polar surface area (TPSA) is 67.4 Å². The van der Waals surface area contributed by atoms with Gasteiger partial charge in [0.15, 0.2) is 0 Å². The number of hydrogen-bond acceptors (Lipinski definition) is 3. The first kappa shape index (κ1) is 15.2. The summed E-state index contributed by atoms with van der Waals surface area (Å²) in [4.78, 5) is 23.8. The third-order valence-corrected chi connectivity index (χ3v) is 3.78. The van der Waals surface area contributed by atoms with E-state index < -0.39 is 6.10 Å². The molecule has 0 aliphatic carbocycles. The summed E-state index contributed by atoms with van der Waals surface area (Å²) in [6.07, 6.45) is 1.09. The van der Waals surface area contributed by atoms with Crippen LogP contribution in [0.2, 0.25) is 0 Å². The summed E-state index contributed by atoms with van der Waals surface area (Å²) in [6, 6.07) is 17.1. The zero-order chi connectivity index (χ0) is 16.1. The quantitative estimate of drug-likeness (QED) is 0.855. The third kappa shape index (κ3) is 3.76. The van der Waals surface area contributed by atoms with Crippen molar-refractivity contribution < 1.29 is 14.3 Å². The Balaban J connectivity index is 1.58. The van der Waals surface area contributed by atoms with E-state index in [9.17, 15) is 9.59 Å². The van der Waals surface area contributed by atoms with Crippen molar-refractivity contribution >= 4 is 11.8 Å². The Morgan fingerprint density at radius 1 is 0.913 bits per heavy atom. The zero-order valence-corrected chi connectivity index (χ0v) is 12.6. The van der Waals surface area contributed by atoms with E-state index in [0.29, 0.717) is 18.6 Å². The number of amides is 2. The van der Waals surface area contributed by atoms with Gasteiger partial charge in [-0.15, -0.1) is 0 Å². The van der Waals surface area contributed by atoms with E-state index in [4.69, 9.17) is 4.74 Å². The molecule has 2 aromatic rings. The normalized spacial score (nSPS) is 16.8. The lowest BCUT2D eigenvalue weighted by atomic mass is 10.0. The highest BCUT2D eigenvalue weighted by Crippen LogP contribution is 2.19. The van der Waals surface area contributed by atoms with E-state index in [1.54, 1.807) is 12.1 Å². The van der Waals surface area contributed by atoms with Crippen LogP contribution in [-0.2, 0) is 9.53 Å². The molecular weight excluding hydrogens is 292 g/mol. The largest absolute Gasteiger partial charge is 0.368 e. The van der Waals surface area contributed by atoms with Gasteiger partial charge in [0.05, 0.1) is 0 Å². The standard InChI is InChI=1S/C18H18N2O3/c21-17(19-20-18(22)16-7-4-12-23-16)15-10-8-14(9-11-15)13-5-2-1-3-6-13/h1-3,5-6,8-11,16H,4,7,12H2,(H,19,21)(H,20,22). The lowest BCUT2D eigenvalue weighted by Gasteiger charge is -2.11. The fourth-order valence-corrected chi connectivity index (χ4v) is 2.50. The van der Waals surface area contributed by atoms with Crippen LogP contribution in [0, 0.1) is 0 Å². The van der Waals surface area contributed by atoms with Crippen molar-refractivity contribution in [3.05, 3.63) is 60.2 Å². The number of carbonyl (C=O) groups is 2. The van der Waals surface area contributed by atoms with Crippen LogP contribution < -0.4 is 10.9 Å². The van der Waals surface area contributed by atoms with Gasteiger partial charge in [0.2, 0.25) is 0 Å². The van der Waals surface area contributed by atoms with Crippen LogP contribution in [-0.4, -0.2) is 24.5 Å². The molecule has 0 spiro atoms. The molecule has 0 radical (unpaired) electrons.